The molecule has 3 heterocycles. The third-order valence-electron chi connectivity index (χ3n) is 8.88. The highest BCUT2D eigenvalue weighted by Crippen LogP contribution is 2.25. The number of thiazole rings is 1. The standard InChI is InChI=1S/C38H52N8O5S2/c1-7-29-35(49)43-30(16-17-52-6)36(50)41-28(18-26-13-9-8-10-14-26)20-46(19-27-15-11-12-24(4)39-27)21-32(47)45-33(23(2)3)38-44-31(22-53-38)37(51)40-25(5)34(48)42-29/h8-15,22-23,25,28-30,33H,7,16-21H2,1-6H3,(H,40,51)(H,41,50)(H,42,48)(H,43,49)(H,45,47)/t25-,28+,29+,30+,33+/m1/s1. The summed E-state index contributed by atoms with van der Waals surface area (Å²) in [5.41, 5.74) is 2.74. The summed E-state index contributed by atoms with van der Waals surface area (Å²) in [7, 11) is 0. The average molecular weight is 765 g/mol. The van der Waals surface area contributed by atoms with Crippen LogP contribution in [0.2, 0.25) is 0 Å². The Hall–Kier alpha value is -4.34. The van der Waals surface area contributed by atoms with Crippen LogP contribution in [-0.4, -0.2) is 93.7 Å². The second-order valence-corrected chi connectivity index (χ2v) is 15.6. The second-order valence-electron chi connectivity index (χ2n) is 13.7. The number of nitrogens with zero attached hydrogens (tertiary/aromatic N) is 3. The molecular formula is C38H52N8O5S2. The first-order valence-electron chi connectivity index (χ1n) is 18.0. The molecule has 2 bridgehead atoms. The van der Waals surface area contributed by atoms with Gasteiger partial charge in [-0.3, -0.25) is 33.9 Å². The van der Waals surface area contributed by atoms with Crippen molar-refractivity contribution < 1.29 is 24.0 Å². The van der Waals surface area contributed by atoms with Crippen molar-refractivity contribution in [2.75, 3.05) is 25.1 Å². The van der Waals surface area contributed by atoms with Crippen molar-refractivity contribution in [3.8, 4) is 0 Å². The fourth-order valence-electron chi connectivity index (χ4n) is 6.01. The molecular weight excluding hydrogens is 713 g/mol. The minimum absolute atomic E-state index is 0.00512. The molecule has 0 saturated carbocycles. The second kappa shape index (κ2) is 20.2. The van der Waals surface area contributed by atoms with Crippen molar-refractivity contribution in [2.24, 2.45) is 5.92 Å². The minimum Gasteiger partial charge on any atom is -0.350 e. The zero-order valence-electron chi connectivity index (χ0n) is 31.3. The van der Waals surface area contributed by atoms with E-state index in [4.69, 9.17) is 4.98 Å². The zero-order chi connectivity index (χ0) is 38.5. The summed E-state index contributed by atoms with van der Waals surface area (Å²) in [6.45, 7) is 9.76. The van der Waals surface area contributed by atoms with Gasteiger partial charge in [-0.1, -0.05) is 57.2 Å². The van der Waals surface area contributed by atoms with Gasteiger partial charge in [0, 0.05) is 30.2 Å². The Kier molecular flexibility index (Phi) is 15.8. The van der Waals surface area contributed by atoms with E-state index in [2.05, 4.69) is 31.6 Å². The molecule has 5 amide bonds. The largest absolute Gasteiger partial charge is 0.350 e. The van der Waals surface area contributed by atoms with Crippen LogP contribution in [0.4, 0.5) is 0 Å². The van der Waals surface area contributed by atoms with Crippen LogP contribution in [0.15, 0.2) is 53.9 Å². The predicted molar refractivity (Wildman–Crippen MR) is 208 cm³/mol. The van der Waals surface area contributed by atoms with Crippen LogP contribution < -0.4 is 26.6 Å². The molecule has 13 nitrogen and oxygen atoms in total. The number of benzene rings is 1. The summed E-state index contributed by atoms with van der Waals surface area (Å²) in [5, 5.41) is 16.8. The maximum Gasteiger partial charge on any atom is 0.271 e. The highest BCUT2D eigenvalue weighted by Gasteiger charge is 2.31. The molecule has 286 valence electrons. The third-order valence-corrected chi connectivity index (χ3v) is 10.5. The molecule has 0 aliphatic carbocycles. The number of aryl methyl sites for hydroxylation is 1. The number of amides is 5. The lowest BCUT2D eigenvalue weighted by Gasteiger charge is -2.30. The number of thioether (sulfide) groups is 1. The lowest BCUT2D eigenvalue weighted by molar-refractivity contribution is -0.132. The average Bonchev–Trinajstić information content (AvgIpc) is 3.61. The van der Waals surface area contributed by atoms with Gasteiger partial charge in [-0.15, -0.1) is 11.3 Å². The van der Waals surface area contributed by atoms with Crippen LogP contribution in [0, 0.1) is 12.8 Å². The van der Waals surface area contributed by atoms with E-state index < -0.39 is 47.9 Å². The van der Waals surface area contributed by atoms with E-state index in [0.717, 1.165) is 17.0 Å². The summed E-state index contributed by atoms with van der Waals surface area (Å²) >= 11 is 2.81. The van der Waals surface area contributed by atoms with E-state index in [9.17, 15) is 24.0 Å². The highest BCUT2D eigenvalue weighted by molar-refractivity contribution is 7.98. The number of fused-ring (bicyclic) bond motifs is 2. The molecule has 0 unspecified atom stereocenters. The smallest absolute Gasteiger partial charge is 0.271 e. The van der Waals surface area contributed by atoms with E-state index in [1.165, 1.54) is 18.3 Å². The van der Waals surface area contributed by atoms with E-state index in [1.54, 1.807) is 24.1 Å². The molecule has 0 spiro atoms. The Morgan fingerprint density at radius 2 is 1.60 bits per heavy atom. The molecule has 5 N–H and O–H groups in total. The Morgan fingerprint density at radius 1 is 0.887 bits per heavy atom. The van der Waals surface area contributed by atoms with Gasteiger partial charge in [0.2, 0.25) is 23.6 Å². The first-order chi connectivity index (χ1) is 25.4. The number of hydrogen-bond donors (Lipinski definition) is 5. The van der Waals surface area contributed by atoms with Gasteiger partial charge in [0.1, 0.15) is 28.8 Å². The first kappa shape index (κ1) is 41.4. The zero-order valence-corrected chi connectivity index (χ0v) is 32.9. The number of aromatic nitrogens is 2. The molecule has 1 aliphatic heterocycles. The number of hydrogen-bond acceptors (Lipinski definition) is 10. The molecule has 53 heavy (non-hydrogen) atoms. The molecule has 2 aromatic heterocycles. The number of carbonyl (C=O) groups excluding carboxylic acids is 5. The fraction of sp³-hybridized carbons (Fsp3) is 0.500. The highest BCUT2D eigenvalue weighted by atomic mass is 32.2. The molecule has 5 atom stereocenters. The van der Waals surface area contributed by atoms with E-state index in [0.29, 0.717) is 36.7 Å². The van der Waals surface area contributed by atoms with Crippen LogP contribution in [-0.2, 0) is 32.1 Å². The molecule has 0 fully saturated rings. The first-order valence-corrected chi connectivity index (χ1v) is 20.3. The van der Waals surface area contributed by atoms with Crippen molar-refractivity contribution in [1.82, 2.24) is 41.5 Å². The number of nitrogens with one attached hydrogen (secondary N) is 5. The van der Waals surface area contributed by atoms with Crippen LogP contribution in [0.25, 0.3) is 0 Å². The Bertz CT molecular complexity index is 1700. The van der Waals surface area contributed by atoms with Gasteiger partial charge in [0.05, 0.1) is 18.3 Å². The topological polar surface area (TPSA) is 175 Å². The maximum absolute atomic E-state index is 14.1. The number of pyridine rings is 1. The Balaban J connectivity index is 1.74. The van der Waals surface area contributed by atoms with Gasteiger partial charge >= 0.3 is 0 Å². The predicted octanol–water partition coefficient (Wildman–Crippen LogP) is 3.15. The van der Waals surface area contributed by atoms with Gasteiger partial charge in [0.15, 0.2) is 0 Å². The van der Waals surface area contributed by atoms with Gasteiger partial charge in [0.25, 0.3) is 5.91 Å². The molecule has 0 radical (unpaired) electrons. The lowest BCUT2D eigenvalue weighted by Crippen LogP contribution is -2.57. The van der Waals surface area contributed by atoms with Crippen molar-refractivity contribution >= 4 is 52.6 Å². The molecule has 1 aliphatic rings. The molecule has 1 aromatic carbocycles. The Morgan fingerprint density at radius 3 is 2.28 bits per heavy atom. The maximum atomic E-state index is 14.1. The molecule has 4 rings (SSSR count). The van der Waals surface area contributed by atoms with Crippen molar-refractivity contribution in [3.63, 3.8) is 0 Å². The summed E-state index contributed by atoms with van der Waals surface area (Å²) in [6, 6.07) is 11.8. The van der Waals surface area contributed by atoms with E-state index in [-0.39, 0.29) is 36.4 Å². The fourth-order valence-corrected chi connectivity index (χ4v) is 7.50. The van der Waals surface area contributed by atoms with Crippen molar-refractivity contribution in [3.05, 3.63) is 81.6 Å². The quantitative estimate of drug-likeness (QED) is 0.219. The van der Waals surface area contributed by atoms with Crippen LogP contribution >= 0.6 is 23.1 Å². The van der Waals surface area contributed by atoms with Crippen LogP contribution in [0.5, 0.6) is 0 Å². The molecule has 3 aromatic rings. The van der Waals surface area contributed by atoms with Crippen LogP contribution in [0.1, 0.15) is 79.0 Å². The normalized spacial score (nSPS) is 22.9. The molecule has 15 heteroatoms. The van der Waals surface area contributed by atoms with Crippen molar-refractivity contribution in [1.29, 1.82) is 0 Å². The van der Waals surface area contributed by atoms with Gasteiger partial charge in [-0.25, -0.2) is 4.98 Å². The minimum atomic E-state index is -0.979. The summed E-state index contributed by atoms with van der Waals surface area (Å²) in [4.78, 5) is 79.1. The van der Waals surface area contributed by atoms with Crippen molar-refractivity contribution in [2.45, 2.75) is 90.6 Å². The van der Waals surface area contributed by atoms with Gasteiger partial charge < -0.3 is 26.6 Å². The SMILES string of the molecule is CC[C@@H]1NC(=O)[C@@H](C)NC(=O)c2csc(n2)[C@H](C(C)C)NC(=O)CN(Cc2cccc(C)n2)C[C@H](Cc2ccccc2)NC(=O)[C@H](CCSC)NC1=O. The monoisotopic (exact) mass is 764 g/mol. The van der Waals surface area contributed by atoms with Crippen LogP contribution in [0.3, 0.4) is 0 Å². The molecule has 0 saturated heterocycles. The lowest BCUT2D eigenvalue weighted by atomic mass is 10.0. The summed E-state index contributed by atoms with van der Waals surface area (Å²) in [5.74, 6) is -1.67. The van der Waals surface area contributed by atoms with Gasteiger partial charge in [-0.05, 0) is 68.7 Å². The van der Waals surface area contributed by atoms with Gasteiger partial charge in [-0.2, -0.15) is 11.8 Å². The summed E-state index contributed by atoms with van der Waals surface area (Å²) < 4.78 is 0. The number of rotatable bonds is 9. The van der Waals surface area contributed by atoms with E-state index >= 15 is 0 Å². The summed E-state index contributed by atoms with van der Waals surface area (Å²) in [6.07, 6.45) is 3.02. The third kappa shape index (κ3) is 12.6. The van der Waals surface area contributed by atoms with E-state index in [1.807, 2.05) is 80.5 Å². The number of carbonyl (C=O) groups is 5. The Labute approximate surface area is 320 Å².